The molecule has 140 valence electrons. The number of nitrogens with one attached hydrogen (secondary N) is 2. The van der Waals surface area contributed by atoms with E-state index in [0.29, 0.717) is 18.7 Å². The van der Waals surface area contributed by atoms with E-state index in [2.05, 4.69) is 25.3 Å². The number of esters is 1. The monoisotopic (exact) mass is 360 g/mol. The quantitative estimate of drug-likeness (QED) is 0.474. The van der Waals surface area contributed by atoms with Crippen molar-refractivity contribution in [1.82, 2.24) is 9.97 Å². The maximum Gasteiger partial charge on any atom is 0.345 e. The van der Waals surface area contributed by atoms with Gasteiger partial charge in [-0.1, -0.05) is 0 Å². The fourth-order valence-electron chi connectivity index (χ4n) is 2.56. The molecule has 1 aromatic heterocycles. The minimum Gasteiger partial charge on any atom is -0.465 e. The highest BCUT2D eigenvalue weighted by Crippen LogP contribution is 2.24. The highest BCUT2D eigenvalue weighted by molar-refractivity contribution is 5.94. The summed E-state index contributed by atoms with van der Waals surface area (Å²) in [6, 6.07) is 0.0664. The molecular formula is C15H22F2N4O4. The molecule has 0 radical (unpaired) electrons. The Hall–Kier alpha value is -2.07. The van der Waals surface area contributed by atoms with Crippen LogP contribution < -0.4 is 10.6 Å². The summed E-state index contributed by atoms with van der Waals surface area (Å²) >= 11 is 0. The van der Waals surface area contributed by atoms with Crippen molar-refractivity contribution in [2.45, 2.75) is 44.4 Å². The van der Waals surface area contributed by atoms with Gasteiger partial charge in [0.25, 0.3) is 0 Å². The highest BCUT2D eigenvalue weighted by Gasteiger charge is 2.22. The molecule has 0 atom stereocenters. The molecule has 8 nitrogen and oxygen atoms in total. The molecule has 0 spiro atoms. The van der Waals surface area contributed by atoms with Gasteiger partial charge in [0.2, 0.25) is 5.95 Å². The minimum absolute atomic E-state index is 0.0664. The van der Waals surface area contributed by atoms with E-state index in [1.165, 1.54) is 13.3 Å². The smallest absolute Gasteiger partial charge is 0.345 e. The number of aromatic nitrogens is 2. The van der Waals surface area contributed by atoms with Gasteiger partial charge in [0.05, 0.1) is 19.8 Å². The average molecular weight is 360 g/mol. The second kappa shape index (κ2) is 9.42. The van der Waals surface area contributed by atoms with Crippen LogP contribution in [0.25, 0.3) is 0 Å². The molecule has 0 aliphatic heterocycles. The lowest BCUT2D eigenvalue weighted by atomic mass is 9.93. The summed E-state index contributed by atoms with van der Waals surface area (Å²) in [5.41, 5.74) is 0.183. The molecule has 1 aromatic rings. The Balaban J connectivity index is 2.04. The maximum atomic E-state index is 11.9. The molecular weight excluding hydrogens is 338 g/mol. The molecule has 10 heteroatoms. The number of carbonyl (C=O) groups excluding carboxylic acids is 1. The molecule has 1 aliphatic rings. The Labute approximate surface area is 143 Å². The molecule has 0 bridgehead atoms. The Bertz CT molecular complexity index is 568. The molecule has 1 saturated carbocycles. The largest absolute Gasteiger partial charge is 0.465 e. The number of methoxy groups -OCH3 is 1. The van der Waals surface area contributed by atoms with Crippen LogP contribution in [0.5, 0.6) is 0 Å². The number of anilines is 2. The first-order valence-electron chi connectivity index (χ1n) is 8.03. The summed E-state index contributed by atoms with van der Waals surface area (Å²) in [5.74, 6) is -0.0877. The number of aliphatic hydroxyl groups excluding tert-OH is 1. The lowest BCUT2D eigenvalue weighted by Crippen LogP contribution is -2.29. The number of hydrogen-bond donors (Lipinski definition) is 3. The SMILES string of the molecule is COC(=O)c1cnc(NCCOC(F)F)nc1NC1CCC(O)CC1. The molecule has 1 heterocycles. The average Bonchev–Trinajstić information content (AvgIpc) is 2.60. The van der Waals surface area contributed by atoms with E-state index in [1.54, 1.807) is 0 Å². The zero-order valence-electron chi connectivity index (χ0n) is 13.9. The molecule has 0 aromatic carbocycles. The summed E-state index contributed by atoms with van der Waals surface area (Å²) in [5, 5.41) is 15.5. The number of aliphatic hydroxyl groups is 1. The fraction of sp³-hybridized carbons (Fsp3) is 0.667. The number of ether oxygens (including phenoxy) is 2. The molecule has 1 fully saturated rings. The first-order valence-corrected chi connectivity index (χ1v) is 8.03. The Morgan fingerprint density at radius 3 is 2.76 bits per heavy atom. The van der Waals surface area contributed by atoms with E-state index in [4.69, 9.17) is 4.74 Å². The van der Waals surface area contributed by atoms with Crippen LogP contribution in [0.2, 0.25) is 0 Å². The molecule has 0 saturated heterocycles. The molecule has 0 amide bonds. The van der Waals surface area contributed by atoms with E-state index < -0.39 is 12.6 Å². The van der Waals surface area contributed by atoms with Crippen molar-refractivity contribution in [1.29, 1.82) is 0 Å². The van der Waals surface area contributed by atoms with Crippen molar-refractivity contribution in [2.75, 3.05) is 30.9 Å². The number of alkyl halides is 2. The highest BCUT2D eigenvalue weighted by atomic mass is 19.3. The first-order chi connectivity index (χ1) is 12.0. The summed E-state index contributed by atoms with van der Waals surface area (Å²) in [6.07, 6.45) is 3.86. The van der Waals surface area contributed by atoms with Crippen molar-refractivity contribution in [3.63, 3.8) is 0 Å². The van der Waals surface area contributed by atoms with Gasteiger partial charge in [-0.15, -0.1) is 0 Å². The second-order valence-corrected chi connectivity index (χ2v) is 5.66. The van der Waals surface area contributed by atoms with Crippen LogP contribution in [0.4, 0.5) is 20.5 Å². The number of nitrogens with zero attached hydrogens (tertiary/aromatic N) is 2. The van der Waals surface area contributed by atoms with Gasteiger partial charge in [-0.3, -0.25) is 0 Å². The van der Waals surface area contributed by atoms with Crippen LogP contribution in [0.3, 0.4) is 0 Å². The lowest BCUT2D eigenvalue weighted by molar-refractivity contribution is -0.125. The third-order valence-corrected chi connectivity index (χ3v) is 3.86. The summed E-state index contributed by atoms with van der Waals surface area (Å²) in [6.45, 7) is -2.94. The van der Waals surface area contributed by atoms with E-state index in [9.17, 15) is 18.7 Å². The van der Waals surface area contributed by atoms with Gasteiger partial charge < -0.3 is 25.2 Å². The van der Waals surface area contributed by atoms with Crippen LogP contribution in [-0.4, -0.2) is 60.1 Å². The van der Waals surface area contributed by atoms with Gasteiger partial charge in [0, 0.05) is 18.8 Å². The number of carbonyl (C=O) groups is 1. The standard InChI is InChI=1S/C15H22F2N4O4/c1-24-13(23)11-8-19-15(18-6-7-25-14(16)17)21-12(11)20-9-2-4-10(22)5-3-9/h8-10,14,22H,2-7H2,1H3,(H2,18,19,20,21). The van der Waals surface area contributed by atoms with E-state index in [-0.39, 0.29) is 36.8 Å². The van der Waals surface area contributed by atoms with Crippen molar-refractivity contribution < 1.29 is 28.2 Å². The summed E-state index contributed by atoms with van der Waals surface area (Å²) in [7, 11) is 1.26. The van der Waals surface area contributed by atoms with Crippen LogP contribution in [-0.2, 0) is 9.47 Å². The Morgan fingerprint density at radius 1 is 1.40 bits per heavy atom. The van der Waals surface area contributed by atoms with Crippen LogP contribution in [0, 0.1) is 0 Å². The van der Waals surface area contributed by atoms with Crippen LogP contribution in [0.15, 0.2) is 6.20 Å². The lowest BCUT2D eigenvalue weighted by Gasteiger charge is -2.27. The van der Waals surface area contributed by atoms with E-state index in [0.717, 1.165) is 12.8 Å². The predicted molar refractivity (Wildman–Crippen MR) is 85.7 cm³/mol. The second-order valence-electron chi connectivity index (χ2n) is 5.66. The van der Waals surface area contributed by atoms with Gasteiger partial charge in [-0.25, -0.2) is 9.78 Å². The van der Waals surface area contributed by atoms with Crippen molar-refractivity contribution in [3.05, 3.63) is 11.8 Å². The van der Waals surface area contributed by atoms with Gasteiger partial charge in [0.1, 0.15) is 11.4 Å². The van der Waals surface area contributed by atoms with Gasteiger partial charge in [-0.2, -0.15) is 13.8 Å². The third-order valence-electron chi connectivity index (χ3n) is 3.86. The normalized spacial score (nSPS) is 20.4. The fourth-order valence-corrected chi connectivity index (χ4v) is 2.56. The number of halogens is 2. The van der Waals surface area contributed by atoms with Crippen LogP contribution >= 0.6 is 0 Å². The molecule has 2 rings (SSSR count). The maximum absolute atomic E-state index is 11.9. The van der Waals surface area contributed by atoms with Crippen molar-refractivity contribution in [2.24, 2.45) is 0 Å². The number of rotatable bonds is 8. The van der Waals surface area contributed by atoms with Gasteiger partial charge >= 0.3 is 12.6 Å². The van der Waals surface area contributed by atoms with E-state index >= 15 is 0 Å². The summed E-state index contributed by atoms with van der Waals surface area (Å²) in [4.78, 5) is 20.1. The summed E-state index contributed by atoms with van der Waals surface area (Å²) < 4.78 is 32.7. The molecule has 3 N–H and O–H groups in total. The molecule has 0 unspecified atom stereocenters. The number of hydrogen-bond acceptors (Lipinski definition) is 8. The zero-order valence-corrected chi connectivity index (χ0v) is 13.9. The van der Waals surface area contributed by atoms with Gasteiger partial charge in [0.15, 0.2) is 0 Å². The van der Waals surface area contributed by atoms with Gasteiger partial charge in [-0.05, 0) is 25.7 Å². The first kappa shape index (κ1) is 19.3. The minimum atomic E-state index is -2.83. The van der Waals surface area contributed by atoms with E-state index in [1.807, 2.05) is 0 Å². The van der Waals surface area contributed by atoms with Crippen molar-refractivity contribution in [3.8, 4) is 0 Å². The van der Waals surface area contributed by atoms with Crippen LogP contribution in [0.1, 0.15) is 36.0 Å². The Morgan fingerprint density at radius 2 is 2.12 bits per heavy atom. The Kier molecular flexibility index (Phi) is 7.26. The molecule has 1 aliphatic carbocycles. The molecule has 25 heavy (non-hydrogen) atoms. The van der Waals surface area contributed by atoms with Crippen molar-refractivity contribution >= 4 is 17.7 Å². The zero-order chi connectivity index (χ0) is 18.2. The third kappa shape index (κ3) is 6.05. The predicted octanol–water partition coefficient (Wildman–Crippen LogP) is 1.63. The topological polar surface area (TPSA) is 106 Å².